The van der Waals surface area contributed by atoms with E-state index in [0.29, 0.717) is 21.5 Å². The molecule has 1 fully saturated rings. The molecule has 0 saturated carbocycles. The van der Waals surface area contributed by atoms with Crippen molar-refractivity contribution in [3.8, 4) is 0 Å². The Morgan fingerprint density at radius 1 is 1.36 bits per heavy atom. The number of anilines is 1. The Kier molecular flexibility index (Phi) is 5.42. The zero-order valence-electron chi connectivity index (χ0n) is 13.1. The van der Waals surface area contributed by atoms with Crippen molar-refractivity contribution in [3.63, 3.8) is 0 Å². The van der Waals surface area contributed by atoms with Gasteiger partial charge in [-0.1, -0.05) is 6.07 Å². The summed E-state index contributed by atoms with van der Waals surface area (Å²) in [6, 6.07) is 4.82. The van der Waals surface area contributed by atoms with Crippen LogP contribution in [0.1, 0.15) is 12.8 Å². The SMILES string of the molecule is O=C(Nc1cc(Br)c[nH]c1=O)C1CCN(S(=O)(=O)c2cccs2)CC1. The summed E-state index contributed by atoms with van der Waals surface area (Å²) in [4.78, 5) is 26.6. The molecule has 0 spiro atoms. The van der Waals surface area contributed by atoms with Gasteiger partial charge < -0.3 is 10.3 Å². The number of nitrogens with one attached hydrogen (secondary N) is 2. The monoisotopic (exact) mass is 445 g/mol. The summed E-state index contributed by atoms with van der Waals surface area (Å²) in [5.41, 5.74) is -0.206. The van der Waals surface area contributed by atoms with E-state index in [-0.39, 0.29) is 36.2 Å². The number of nitrogens with zero attached hydrogens (tertiary/aromatic N) is 1. The Hall–Kier alpha value is -1.49. The lowest BCUT2D eigenvalue weighted by Gasteiger charge is -2.30. The van der Waals surface area contributed by atoms with Crippen molar-refractivity contribution >= 4 is 48.9 Å². The van der Waals surface area contributed by atoms with Crippen molar-refractivity contribution in [2.24, 2.45) is 5.92 Å². The van der Waals surface area contributed by atoms with E-state index in [0.717, 1.165) is 0 Å². The molecule has 2 aromatic heterocycles. The van der Waals surface area contributed by atoms with Crippen LogP contribution in [0, 0.1) is 5.92 Å². The van der Waals surface area contributed by atoms with Crippen LogP contribution in [0.25, 0.3) is 0 Å². The second-order valence-corrected chi connectivity index (χ2v) is 9.69. The van der Waals surface area contributed by atoms with Gasteiger partial charge in [0.15, 0.2) is 0 Å². The van der Waals surface area contributed by atoms with E-state index in [2.05, 4.69) is 26.2 Å². The first-order chi connectivity index (χ1) is 11.9. The summed E-state index contributed by atoms with van der Waals surface area (Å²) < 4.78 is 27.3. The number of hydrogen-bond acceptors (Lipinski definition) is 5. The molecule has 1 amide bonds. The molecule has 25 heavy (non-hydrogen) atoms. The fourth-order valence-corrected chi connectivity index (χ4v) is 5.64. The van der Waals surface area contributed by atoms with Gasteiger partial charge in [-0.25, -0.2) is 8.42 Å². The Labute approximate surface area is 157 Å². The molecule has 0 unspecified atom stereocenters. The Bertz CT molecular complexity index is 917. The van der Waals surface area contributed by atoms with Gasteiger partial charge in [0.1, 0.15) is 9.90 Å². The van der Waals surface area contributed by atoms with Crippen LogP contribution in [-0.2, 0) is 14.8 Å². The minimum atomic E-state index is -3.48. The number of carbonyl (C=O) groups excluding carboxylic acids is 1. The molecule has 134 valence electrons. The van der Waals surface area contributed by atoms with E-state index in [9.17, 15) is 18.0 Å². The van der Waals surface area contributed by atoms with E-state index < -0.39 is 10.0 Å². The molecular weight excluding hydrogens is 430 g/mol. The van der Waals surface area contributed by atoms with Crippen LogP contribution in [0.15, 0.2) is 43.3 Å². The maximum Gasteiger partial charge on any atom is 0.271 e. The number of pyridine rings is 1. The second kappa shape index (κ2) is 7.40. The van der Waals surface area contributed by atoms with Crippen molar-refractivity contribution in [1.29, 1.82) is 0 Å². The summed E-state index contributed by atoms with van der Waals surface area (Å²) in [6.45, 7) is 0.570. The second-order valence-electron chi connectivity index (χ2n) is 5.66. The zero-order chi connectivity index (χ0) is 18.0. The molecule has 2 aromatic rings. The highest BCUT2D eigenvalue weighted by Gasteiger charge is 2.32. The molecule has 10 heteroatoms. The molecule has 0 aliphatic carbocycles. The van der Waals surface area contributed by atoms with Crippen molar-refractivity contribution in [2.75, 3.05) is 18.4 Å². The van der Waals surface area contributed by atoms with Crippen LogP contribution >= 0.6 is 27.3 Å². The lowest BCUT2D eigenvalue weighted by Crippen LogP contribution is -2.41. The van der Waals surface area contributed by atoms with E-state index in [1.54, 1.807) is 17.5 Å². The highest BCUT2D eigenvalue weighted by atomic mass is 79.9. The minimum Gasteiger partial charge on any atom is -0.326 e. The van der Waals surface area contributed by atoms with Crippen molar-refractivity contribution < 1.29 is 13.2 Å². The smallest absolute Gasteiger partial charge is 0.271 e. The average Bonchev–Trinajstić information content (AvgIpc) is 3.13. The minimum absolute atomic E-state index is 0.174. The molecule has 0 bridgehead atoms. The topological polar surface area (TPSA) is 99.3 Å². The number of thiophene rings is 1. The van der Waals surface area contributed by atoms with Crippen LogP contribution in [0.3, 0.4) is 0 Å². The van der Waals surface area contributed by atoms with Crippen LogP contribution < -0.4 is 10.9 Å². The van der Waals surface area contributed by atoms with Crippen LogP contribution in [0.2, 0.25) is 0 Å². The Morgan fingerprint density at radius 2 is 2.08 bits per heavy atom. The van der Waals surface area contributed by atoms with Gasteiger partial charge in [0.05, 0.1) is 0 Å². The van der Waals surface area contributed by atoms with Crippen LogP contribution in [0.4, 0.5) is 5.69 Å². The normalized spacial score (nSPS) is 16.7. The van der Waals surface area contributed by atoms with Crippen molar-refractivity contribution in [2.45, 2.75) is 17.1 Å². The largest absolute Gasteiger partial charge is 0.326 e. The van der Waals surface area contributed by atoms with Crippen LogP contribution in [0.5, 0.6) is 0 Å². The summed E-state index contributed by atoms with van der Waals surface area (Å²) in [5.74, 6) is -0.593. The molecular formula is C15H16BrN3O4S2. The standard InChI is InChI=1S/C15H16BrN3O4S2/c16-11-8-12(15(21)17-9-11)18-14(20)10-3-5-19(6-4-10)25(22,23)13-2-1-7-24-13/h1-2,7-10H,3-6H2,(H,17,21)(H,18,20). The highest BCUT2D eigenvalue weighted by Crippen LogP contribution is 2.26. The molecule has 3 rings (SSSR count). The van der Waals surface area contributed by atoms with Gasteiger partial charge in [-0.15, -0.1) is 11.3 Å². The lowest BCUT2D eigenvalue weighted by atomic mass is 9.97. The third-order valence-corrected chi connectivity index (χ3v) is 7.77. The molecule has 0 aromatic carbocycles. The van der Waals surface area contributed by atoms with E-state index in [4.69, 9.17) is 0 Å². The third kappa shape index (κ3) is 4.02. The number of piperidine rings is 1. The quantitative estimate of drug-likeness (QED) is 0.753. The van der Waals surface area contributed by atoms with Gasteiger partial charge in [0.2, 0.25) is 5.91 Å². The molecule has 0 radical (unpaired) electrons. The fourth-order valence-electron chi connectivity index (χ4n) is 2.68. The summed E-state index contributed by atoms with van der Waals surface area (Å²) >= 11 is 4.42. The molecule has 1 saturated heterocycles. The van der Waals surface area contributed by atoms with E-state index in [1.807, 2.05) is 0 Å². The number of H-pyrrole nitrogens is 1. The molecule has 1 aliphatic rings. The number of carbonyl (C=O) groups is 1. The number of halogens is 1. The Morgan fingerprint density at radius 3 is 2.72 bits per heavy atom. The third-order valence-electron chi connectivity index (χ3n) is 4.04. The van der Waals surface area contributed by atoms with Crippen molar-refractivity contribution in [3.05, 3.63) is 44.6 Å². The van der Waals surface area contributed by atoms with Gasteiger partial charge in [-0.05, 0) is 46.3 Å². The van der Waals surface area contributed by atoms with E-state index in [1.165, 1.54) is 27.9 Å². The zero-order valence-corrected chi connectivity index (χ0v) is 16.3. The molecule has 0 atom stereocenters. The Balaban J connectivity index is 1.63. The number of aromatic nitrogens is 1. The van der Waals surface area contributed by atoms with Gasteiger partial charge in [0, 0.05) is 29.7 Å². The number of aromatic amines is 1. The average molecular weight is 446 g/mol. The number of hydrogen-bond donors (Lipinski definition) is 2. The van der Waals surface area contributed by atoms with Gasteiger partial charge in [-0.2, -0.15) is 4.31 Å². The van der Waals surface area contributed by atoms with Gasteiger partial charge in [0.25, 0.3) is 15.6 Å². The maximum atomic E-state index is 12.5. The molecule has 7 nitrogen and oxygen atoms in total. The first-order valence-corrected chi connectivity index (χ1v) is 10.7. The first kappa shape index (κ1) is 18.3. The number of amides is 1. The predicted octanol–water partition coefficient (Wildman–Crippen LogP) is 2.24. The predicted molar refractivity (Wildman–Crippen MR) is 99.2 cm³/mol. The fraction of sp³-hybridized carbons (Fsp3) is 0.333. The molecule has 2 N–H and O–H groups in total. The number of rotatable bonds is 4. The maximum absolute atomic E-state index is 12.5. The van der Waals surface area contributed by atoms with Crippen molar-refractivity contribution in [1.82, 2.24) is 9.29 Å². The lowest BCUT2D eigenvalue weighted by molar-refractivity contribution is -0.120. The van der Waals surface area contributed by atoms with Gasteiger partial charge >= 0.3 is 0 Å². The molecule has 1 aliphatic heterocycles. The summed E-state index contributed by atoms with van der Waals surface area (Å²) in [7, 11) is -3.48. The molecule has 3 heterocycles. The van der Waals surface area contributed by atoms with Gasteiger partial charge in [-0.3, -0.25) is 9.59 Å². The summed E-state index contributed by atoms with van der Waals surface area (Å²) in [6.07, 6.45) is 2.33. The number of sulfonamides is 1. The first-order valence-electron chi connectivity index (χ1n) is 7.60. The highest BCUT2D eigenvalue weighted by molar-refractivity contribution is 9.10. The van der Waals surface area contributed by atoms with Crippen LogP contribution in [-0.4, -0.2) is 36.7 Å². The summed E-state index contributed by atoms with van der Waals surface area (Å²) in [5, 5.41) is 4.35. The van der Waals surface area contributed by atoms with E-state index >= 15 is 0 Å².